The van der Waals surface area contributed by atoms with E-state index in [4.69, 9.17) is 13.8 Å². The second-order valence-electron chi connectivity index (χ2n) is 14.3. The minimum absolute atomic E-state index is 0.254. The Bertz CT molecular complexity index is 2950. The lowest BCUT2D eigenvalue weighted by Gasteiger charge is -2.24. The maximum absolute atomic E-state index is 6.94. The van der Waals surface area contributed by atoms with Crippen LogP contribution in [-0.2, 0) is 0 Å². The molecule has 0 aliphatic rings. The third kappa shape index (κ3) is 4.42. The number of para-hydroxylation sites is 2. The fourth-order valence-corrected chi connectivity index (χ4v) is 8.07. The molecule has 0 fully saturated rings. The summed E-state index contributed by atoms with van der Waals surface area (Å²) in [6.07, 6.45) is 0. The van der Waals surface area contributed by atoms with Crippen LogP contribution in [0.1, 0.15) is 50.7 Å². The fraction of sp³-hybridized carbons (Fsp3) is 0.128. The van der Waals surface area contributed by atoms with E-state index < -0.39 is 0 Å². The Kier molecular flexibility index (Phi) is 6.53. The third-order valence-electron chi connectivity index (χ3n) is 10.5. The third-order valence-corrected chi connectivity index (χ3v) is 10.5. The van der Waals surface area contributed by atoms with Crippen LogP contribution in [0.15, 0.2) is 142 Å². The van der Waals surface area contributed by atoms with Crippen LogP contribution in [0.4, 0.5) is 0 Å². The molecule has 7 aromatic carbocycles. The Morgan fingerprint density at radius 3 is 1.90 bits per heavy atom. The van der Waals surface area contributed by atoms with E-state index in [9.17, 15) is 0 Å². The van der Waals surface area contributed by atoms with Gasteiger partial charge in [-0.2, -0.15) is 0 Å². The summed E-state index contributed by atoms with van der Waals surface area (Å²) in [4.78, 5) is 5.49. The first-order valence-electron chi connectivity index (χ1n) is 17.9. The predicted molar refractivity (Wildman–Crippen MR) is 212 cm³/mol. The van der Waals surface area contributed by atoms with Gasteiger partial charge >= 0.3 is 0 Å². The molecule has 0 aliphatic carbocycles. The second kappa shape index (κ2) is 11.2. The monoisotopic (exact) mass is 660 g/mol. The van der Waals surface area contributed by atoms with Crippen molar-refractivity contribution in [2.24, 2.45) is 0 Å². The number of nitrogens with zero attached hydrogens (tertiary/aromatic N) is 2. The summed E-state index contributed by atoms with van der Waals surface area (Å²) >= 11 is 0. The summed E-state index contributed by atoms with van der Waals surface area (Å²) in [5.41, 5.74) is 12.4. The Morgan fingerprint density at radius 2 is 1.14 bits per heavy atom. The Balaban J connectivity index is 1.34. The van der Waals surface area contributed by atoms with Crippen molar-refractivity contribution >= 4 is 65.7 Å². The van der Waals surface area contributed by atoms with E-state index in [0.29, 0.717) is 0 Å². The van der Waals surface area contributed by atoms with Gasteiger partial charge in [0, 0.05) is 26.9 Å². The highest BCUT2D eigenvalue weighted by molar-refractivity contribution is 6.20. The van der Waals surface area contributed by atoms with Crippen LogP contribution in [0.5, 0.6) is 0 Å². The van der Waals surface area contributed by atoms with Crippen LogP contribution in [0.25, 0.3) is 93.9 Å². The maximum atomic E-state index is 6.94. The molecule has 0 atom stereocenters. The number of benzene rings is 7. The molecule has 4 nitrogen and oxygen atoms in total. The Labute approximate surface area is 295 Å². The fourth-order valence-electron chi connectivity index (χ4n) is 8.07. The number of hydrogen-bond acceptors (Lipinski definition) is 3. The van der Waals surface area contributed by atoms with E-state index >= 15 is 0 Å². The molecule has 10 rings (SSSR count). The highest BCUT2D eigenvalue weighted by Gasteiger charge is 2.27. The van der Waals surface area contributed by atoms with Gasteiger partial charge in [-0.15, -0.1) is 0 Å². The van der Waals surface area contributed by atoms with Gasteiger partial charge in [0.15, 0.2) is 11.2 Å². The van der Waals surface area contributed by atoms with Gasteiger partial charge in [-0.3, -0.25) is 4.57 Å². The summed E-state index contributed by atoms with van der Waals surface area (Å²) in [6.45, 7) is 9.20. The minimum Gasteiger partial charge on any atom is -0.452 e. The van der Waals surface area contributed by atoms with Crippen molar-refractivity contribution in [2.75, 3.05) is 0 Å². The van der Waals surface area contributed by atoms with Gasteiger partial charge in [0.2, 0.25) is 0 Å². The lowest BCUT2D eigenvalue weighted by molar-refractivity contribution is 0.633. The number of hydrogen-bond donors (Lipinski definition) is 0. The van der Waals surface area contributed by atoms with E-state index in [1.165, 1.54) is 38.7 Å². The molecule has 0 aliphatic heterocycles. The van der Waals surface area contributed by atoms with Gasteiger partial charge in [0.1, 0.15) is 17.0 Å². The molecule has 10 aromatic rings. The second-order valence-corrected chi connectivity index (χ2v) is 14.3. The van der Waals surface area contributed by atoms with E-state index in [0.717, 1.165) is 66.3 Å². The normalized spacial score (nSPS) is 12.3. The molecular formula is C47H36N2O2. The van der Waals surface area contributed by atoms with Crippen LogP contribution in [0, 0.1) is 0 Å². The van der Waals surface area contributed by atoms with Crippen molar-refractivity contribution in [3.05, 3.63) is 145 Å². The molecule has 3 heterocycles. The molecule has 0 unspecified atom stereocenters. The predicted octanol–water partition coefficient (Wildman–Crippen LogP) is 13.6. The molecule has 4 heteroatoms. The van der Waals surface area contributed by atoms with Crippen LogP contribution in [0.3, 0.4) is 0 Å². The van der Waals surface area contributed by atoms with Crippen molar-refractivity contribution in [1.82, 2.24) is 9.55 Å². The van der Waals surface area contributed by atoms with E-state index in [2.05, 4.69) is 154 Å². The zero-order valence-electron chi connectivity index (χ0n) is 29.1. The van der Waals surface area contributed by atoms with Crippen LogP contribution >= 0.6 is 0 Å². The summed E-state index contributed by atoms with van der Waals surface area (Å²) < 4.78 is 15.8. The summed E-state index contributed by atoms with van der Waals surface area (Å²) in [5, 5.41) is 6.57. The average molecular weight is 661 g/mol. The summed E-state index contributed by atoms with van der Waals surface area (Å²) in [5.74, 6) is 1.37. The molecule has 0 saturated carbocycles. The summed E-state index contributed by atoms with van der Waals surface area (Å²) in [6, 6.07) is 47.5. The molecule has 51 heavy (non-hydrogen) atoms. The zero-order chi connectivity index (χ0) is 34.4. The maximum Gasteiger partial charge on any atom is 0.178 e. The number of fused-ring (bicyclic) bond motifs is 10. The molecule has 0 amide bonds. The van der Waals surface area contributed by atoms with Crippen LogP contribution in [0.2, 0.25) is 0 Å². The van der Waals surface area contributed by atoms with Gasteiger partial charge in [0.05, 0.1) is 22.3 Å². The molecule has 3 aromatic heterocycles. The van der Waals surface area contributed by atoms with Gasteiger partial charge < -0.3 is 8.83 Å². The molecule has 246 valence electrons. The quantitative estimate of drug-likeness (QED) is 0.184. The smallest absolute Gasteiger partial charge is 0.178 e. The minimum atomic E-state index is 0.254. The molecule has 0 bridgehead atoms. The first-order chi connectivity index (χ1) is 25.0. The molecule has 0 spiro atoms. The number of rotatable bonds is 5. The first kappa shape index (κ1) is 29.8. The molecule has 0 N–H and O–H groups in total. The standard InChI is InChI=1S/C47H36N2O2/c1-27(2)38-25-31(29-13-6-5-7-14-29)26-39(28(3)4)42(38)49-43-32-16-9-8-15-30(32)21-24-40(43)48-47(49)37-19-12-18-34-36-23-22-35-33-17-10-11-20-41(33)50-45(35)46(36)51-44(34)37/h5-28H,1-4H3. The zero-order valence-corrected chi connectivity index (χ0v) is 29.1. The van der Waals surface area contributed by atoms with Crippen LogP contribution in [-0.4, -0.2) is 9.55 Å². The summed E-state index contributed by atoms with van der Waals surface area (Å²) in [7, 11) is 0. The Morgan fingerprint density at radius 1 is 0.510 bits per heavy atom. The highest BCUT2D eigenvalue weighted by Crippen LogP contribution is 2.45. The average Bonchev–Trinajstić information content (AvgIpc) is 3.86. The van der Waals surface area contributed by atoms with Crippen molar-refractivity contribution < 1.29 is 8.83 Å². The van der Waals surface area contributed by atoms with Crippen LogP contribution < -0.4 is 0 Å². The number of imidazole rings is 1. The largest absolute Gasteiger partial charge is 0.452 e. The topological polar surface area (TPSA) is 44.1 Å². The van der Waals surface area contributed by atoms with E-state index in [1.807, 2.05) is 12.1 Å². The van der Waals surface area contributed by atoms with Gasteiger partial charge in [0.25, 0.3) is 0 Å². The van der Waals surface area contributed by atoms with E-state index in [1.54, 1.807) is 0 Å². The number of aromatic nitrogens is 2. The lowest BCUT2D eigenvalue weighted by atomic mass is 9.88. The van der Waals surface area contributed by atoms with Gasteiger partial charge in [-0.05, 0) is 81.9 Å². The molecule has 0 radical (unpaired) electrons. The first-order valence-corrected chi connectivity index (χ1v) is 17.9. The van der Waals surface area contributed by atoms with Crippen molar-refractivity contribution in [1.29, 1.82) is 0 Å². The highest BCUT2D eigenvalue weighted by atomic mass is 16.4. The van der Waals surface area contributed by atoms with Crippen molar-refractivity contribution in [3.63, 3.8) is 0 Å². The van der Waals surface area contributed by atoms with Crippen molar-refractivity contribution in [2.45, 2.75) is 39.5 Å². The van der Waals surface area contributed by atoms with E-state index in [-0.39, 0.29) is 11.8 Å². The SMILES string of the molecule is CC(C)c1cc(-c2ccccc2)cc(C(C)C)c1-n1c(-c2cccc3c2oc2c3ccc3c4ccccc4oc32)nc2ccc3ccccc3c21. The van der Waals surface area contributed by atoms with Gasteiger partial charge in [-0.1, -0.05) is 119 Å². The molecular weight excluding hydrogens is 625 g/mol. The Hall–Kier alpha value is -6.13. The molecule has 0 saturated heterocycles. The van der Waals surface area contributed by atoms with Crippen molar-refractivity contribution in [3.8, 4) is 28.2 Å². The lowest BCUT2D eigenvalue weighted by Crippen LogP contribution is -2.09. The van der Waals surface area contributed by atoms with Gasteiger partial charge in [-0.25, -0.2) is 4.98 Å². The number of furan rings is 2.